The standard InChI is InChI=1S/C18H19N5O3S/c1-13-21-18(26-22-13)16-7-3-8-19-17(16)20-12-14-5-2-6-15(11-14)23-9-4-10-27(23,24)25/h2-3,5-8,11H,4,9-10,12H2,1H3,(H,19,20). The number of rotatable bonds is 5. The van der Waals surface area contributed by atoms with Gasteiger partial charge in [-0.2, -0.15) is 4.98 Å². The summed E-state index contributed by atoms with van der Waals surface area (Å²) in [6, 6.07) is 11.2. The lowest BCUT2D eigenvalue weighted by Gasteiger charge is -2.18. The van der Waals surface area contributed by atoms with Crippen LogP contribution in [0.2, 0.25) is 0 Å². The quantitative estimate of drug-likeness (QED) is 0.720. The van der Waals surface area contributed by atoms with Crippen molar-refractivity contribution < 1.29 is 12.9 Å². The Labute approximate surface area is 157 Å². The van der Waals surface area contributed by atoms with E-state index in [4.69, 9.17) is 4.52 Å². The van der Waals surface area contributed by atoms with E-state index in [-0.39, 0.29) is 5.75 Å². The van der Waals surface area contributed by atoms with E-state index in [1.807, 2.05) is 30.3 Å². The van der Waals surface area contributed by atoms with E-state index in [2.05, 4.69) is 20.4 Å². The van der Waals surface area contributed by atoms with Crippen LogP contribution < -0.4 is 9.62 Å². The maximum absolute atomic E-state index is 12.1. The summed E-state index contributed by atoms with van der Waals surface area (Å²) in [5, 5.41) is 7.09. The maximum atomic E-state index is 12.1. The molecular weight excluding hydrogens is 366 g/mol. The highest BCUT2D eigenvalue weighted by atomic mass is 32.2. The van der Waals surface area contributed by atoms with E-state index < -0.39 is 10.0 Å². The van der Waals surface area contributed by atoms with Crippen LogP contribution in [0.3, 0.4) is 0 Å². The highest BCUT2D eigenvalue weighted by Gasteiger charge is 2.28. The number of nitrogens with one attached hydrogen (secondary N) is 1. The van der Waals surface area contributed by atoms with Crippen LogP contribution in [0.1, 0.15) is 17.8 Å². The summed E-state index contributed by atoms with van der Waals surface area (Å²) >= 11 is 0. The van der Waals surface area contributed by atoms with Crippen molar-refractivity contribution in [3.05, 3.63) is 54.0 Å². The Bertz CT molecular complexity index is 1060. The zero-order valence-corrected chi connectivity index (χ0v) is 15.6. The fraction of sp³-hybridized carbons (Fsp3) is 0.278. The molecule has 27 heavy (non-hydrogen) atoms. The molecule has 0 spiro atoms. The minimum absolute atomic E-state index is 0.205. The third-order valence-corrected chi connectivity index (χ3v) is 6.19. The second-order valence-electron chi connectivity index (χ2n) is 6.31. The molecule has 1 fully saturated rings. The van der Waals surface area contributed by atoms with Gasteiger partial charge in [0.05, 0.1) is 17.0 Å². The molecule has 9 heteroatoms. The molecule has 0 unspecified atom stereocenters. The predicted molar refractivity (Wildman–Crippen MR) is 102 cm³/mol. The normalized spacial score (nSPS) is 15.8. The van der Waals surface area contributed by atoms with Crippen LogP contribution in [-0.2, 0) is 16.6 Å². The highest BCUT2D eigenvalue weighted by Crippen LogP contribution is 2.27. The molecule has 8 nitrogen and oxygen atoms in total. The van der Waals surface area contributed by atoms with Gasteiger partial charge in [-0.05, 0) is 43.2 Å². The SMILES string of the molecule is Cc1noc(-c2cccnc2NCc2cccc(N3CCCS3(=O)=O)c2)n1. The van der Waals surface area contributed by atoms with Crippen molar-refractivity contribution >= 4 is 21.5 Å². The first-order valence-corrected chi connectivity index (χ1v) is 10.2. The lowest BCUT2D eigenvalue weighted by atomic mass is 10.2. The molecule has 1 aromatic carbocycles. The molecule has 0 saturated carbocycles. The minimum atomic E-state index is -3.19. The van der Waals surface area contributed by atoms with Crippen LogP contribution in [0.25, 0.3) is 11.5 Å². The maximum Gasteiger partial charge on any atom is 0.261 e. The van der Waals surface area contributed by atoms with Crippen molar-refractivity contribution in [3.63, 3.8) is 0 Å². The molecule has 1 saturated heterocycles. The number of pyridine rings is 1. The highest BCUT2D eigenvalue weighted by molar-refractivity contribution is 7.93. The molecule has 1 aliphatic heterocycles. The Balaban J connectivity index is 1.54. The zero-order valence-electron chi connectivity index (χ0n) is 14.8. The van der Waals surface area contributed by atoms with Crippen LogP contribution in [0.15, 0.2) is 47.1 Å². The Kier molecular flexibility index (Phi) is 4.53. The first-order chi connectivity index (χ1) is 13.0. The summed E-state index contributed by atoms with van der Waals surface area (Å²) in [4.78, 5) is 8.60. The van der Waals surface area contributed by atoms with Gasteiger partial charge in [0.15, 0.2) is 5.82 Å². The molecule has 0 bridgehead atoms. The van der Waals surface area contributed by atoms with Crippen LogP contribution in [0.4, 0.5) is 11.5 Å². The molecule has 2 aromatic heterocycles. The zero-order chi connectivity index (χ0) is 18.9. The molecule has 1 N–H and O–H groups in total. The molecule has 0 atom stereocenters. The van der Waals surface area contributed by atoms with Gasteiger partial charge < -0.3 is 9.84 Å². The largest absolute Gasteiger partial charge is 0.365 e. The van der Waals surface area contributed by atoms with Crippen LogP contribution in [0, 0.1) is 6.92 Å². The first kappa shape index (κ1) is 17.5. The van der Waals surface area contributed by atoms with Crippen molar-refractivity contribution in [2.24, 2.45) is 0 Å². The molecule has 0 aliphatic carbocycles. The van der Waals surface area contributed by atoms with Gasteiger partial charge in [0, 0.05) is 19.3 Å². The van der Waals surface area contributed by atoms with Crippen LogP contribution >= 0.6 is 0 Å². The monoisotopic (exact) mass is 385 g/mol. The predicted octanol–water partition coefficient (Wildman–Crippen LogP) is 2.59. The summed E-state index contributed by atoms with van der Waals surface area (Å²) in [6.45, 7) is 2.77. The Morgan fingerprint density at radius 3 is 2.89 bits per heavy atom. The average Bonchev–Trinajstić information content (AvgIpc) is 3.25. The van der Waals surface area contributed by atoms with Crippen LogP contribution in [-0.4, -0.2) is 35.8 Å². The minimum Gasteiger partial charge on any atom is -0.365 e. The van der Waals surface area contributed by atoms with E-state index in [1.165, 1.54) is 4.31 Å². The summed E-state index contributed by atoms with van der Waals surface area (Å²) in [6.07, 6.45) is 2.34. The smallest absolute Gasteiger partial charge is 0.261 e. The summed E-state index contributed by atoms with van der Waals surface area (Å²) in [5.74, 6) is 1.79. The van der Waals surface area contributed by atoms with Crippen LogP contribution in [0.5, 0.6) is 0 Å². The average molecular weight is 385 g/mol. The third-order valence-electron chi connectivity index (χ3n) is 4.32. The molecule has 140 valence electrons. The van der Waals surface area contributed by atoms with Gasteiger partial charge >= 0.3 is 0 Å². The molecule has 1 aliphatic rings. The Morgan fingerprint density at radius 1 is 1.26 bits per heavy atom. The van der Waals surface area contributed by atoms with Gasteiger partial charge in [-0.25, -0.2) is 13.4 Å². The number of sulfonamides is 1. The number of hydrogen-bond donors (Lipinski definition) is 1. The Hall–Kier alpha value is -2.94. The van der Waals surface area contributed by atoms with E-state index in [1.54, 1.807) is 19.2 Å². The number of nitrogens with zero attached hydrogens (tertiary/aromatic N) is 4. The summed E-state index contributed by atoms with van der Waals surface area (Å²) < 4.78 is 31.0. The van der Waals surface area contributed by atoms with Gasteiger partial charge in [0.1, 0.15) is 5.82 Å². The number of aryl methyl sites for hydroxylation is 1. The lowest BCUT2D eigenvalue weighted by molar-refractivity contribution is 0.425. The van der Waals surface area contributed by atoms with Crippen molar-refractivity contribution in [3.8, 4) is 11.5 Å². The number of anilines is 2. The van der Waals surface area contributed by atoms with Crippen molar-refractivity contribution in [1.82, 2.24) is 15.1 Å². The molecular formula is C18H19N5O3S. The van der Waals surface area contributed by atoms with Gasteiger partial charge in [-0.15, -0.1) is 0 Å². The topological polar surface area (TPSA) is 101 Å². The third kappa shape index (κ3) is 3.63. The second-order valence-corrected chi connectivity index (χ2v) is 8.32. The van der Waals surface area contributed by atoms with E-state index in [0.29, 0.717) is 42.7 Å². The van der Waals surface area contributed by atoms with Crippen molar-refractivity contribution in [2.75, 3.05) is 21.9 Å². The summed E-state index contributed by atoms with van der Waals surface area (Å²) in [7, 11) is -3.19. The van der Waals surface area contributed by atoms with E-state index in [9.17, 15) is 8.42 Å². The van der Waals surface area contributed by atoms with Gasteiger partial charge in [-0.3, -0.25) is 4.31 Å². The van der Waals surface area contributed by atoms with Crippen molar-refractivity contribution in [1.29, 1.82) is 0 Å². The molecule has 0 amide bonds. The Morgan fingerprint density at radius 2 is 2.15 bits per heavy atom. The lowest BCUT2D eigenvalue weighted by Crippen LogP contribution is -2.25. The van der Waals surface area contributed by atoms with E-state index >= 15 is 0 Å². The molecule has 0 radical (unpaired) electrons. The second kappa shape index (κ2) is 6.99. The van der Waals surface area contributed by atoms with Gasteiger partial charge in [-0.1, -0.05) is 17.3 Å². The molecule has 4 rings (SSSR count). The first-order valence-electron chi connectivity index (χ1n) is 8.62. The fourth-order valence-corrected chi connectivity index (χ4v) is 4.62. The van der Waals surface area contributed by atoms with Crippen molar-refractivity contribution in [2.45, 2.75) is 19.9 Å². The molecule has 3 aromatic rings. The van der Waals surface area contributed by atoms with Gasteiger partial charge in [0.2, 0.25) is 10.0 Å². The van der Waals surface area contributed by atoms with E-state index in [0.717, 1.165) is 11.1 Å². The van der Waals surface area contributed by atoms with Gasteiger partial charge in [0.25, 0.3) is 5.89 Å². The molecule has 3 heterocycles. The fourth-order valence-electron chi connectivity index (χ4n) is 3.06. The number of hydrogen-bond acceptors (Lipinski definition) is 7. The number of benzene rings is 1. The number of aromatic nitrogens is 3. The summed E-state index contributed by atoms with van der Waals surface area (Å²) in [5.41, 5.74) is 2.37.